The summed E-state index contributed by atoms with van der Waals surface area (Å²) in [5.74, 6) is 0. The number of aliphatic hydroxyl groups is 3. The van der Waals surface area contributed by atoms with Gasteiger partial charge in [-0.05, 0) is 6.92 Å². The third-order valence-corrected chi connectivity index (χ3v) is 1.80. The number of hydrogen-bond donors (Lipinski definition) is 3. The average molecular weight is 330 g/mol. The molecule has 22 heavy (non-hydrogen) atoms. The van der Waals surface area contributed by atoms with E-state index >= 15 is 0 Å². The Morgan fingerprint density at radius 1 is 0.545 bits per heavy atom. The molecule has 3 N–H and O–H groups in total. The number of ether oxygens (including phenoxy) is 5. The zero-order chi connectivity index (χ0) is 17.3. The third kappa shape index (κ3) is 42.7. The Morgan fingerprint density at radius 3 is 1.18 bits per heavy atom. The molecule has 138 valence electrons. The second-order valence-corrected chi connectivity index (χ2v) is 3.58. The minimum Gasteiger partial charge on any atom is -0.394 e. The summed E-state index contributed by atoms with van der Waals surface area (Å²) in [5.41, 5.74) is 0. The summed E-state index contributed by atoms with van der Waals surface area (Å²) in [7, 11) is 3.31. The minimum absolute atomic E-state index is 0.0278. The molecule has 0 aromatic rings. The van der Waals surface area contributed by atoms with Gasteiger partial charge in [-0.3, -0.25) is 0 Å². The van der Waals surface area contributed by atoms with Crippen molar-refractivity contribution in [3.05, 3.63) is 0 Å². The van der Waals surface area contributed by atoms with E-state index in [4.69, 9.17) is 29.5 Å². The molecule has 0 bridgehead atoms. The van der Waals surface area contributed by atoms with E-state index in [0.717, 1.165) is 6.61 Å². The Bertz CT molecular complexity index is 135. The second kappa shape index (κ2) is 32.6. The van der Waals surface area contributed by atoms with E-state index in [2.05, 4.69) is 9.47 Å². The molecule has 0 saturated heterocycles. The highest BCUT2D eigenvalue weighted by atomic mass is 16.5. The summed E-state index contributed by atoms with van der Waals surface area (Å²) in [6, 6.07) is 0. The lowest BCUT2D eigenvalue weighted by atomic mass is 10.7. The third-order valence-electron chi connectivity index (χ3n) is 1.80. The van der Waals surface area contributed by atoms with E-state index in [9.17, 15) is 0 Å². The highest BCUT2D eigenvalue weighted by Crippen LogP contribution is 1.78. The van der Waals surface area contributed by atoms with Crippen molar-refractivity contribution in [1.82, 2.24) is 0 Å². The largest absolute Gasteiger partial charge is 0.394 e. The van der Waals surface area contributed by atoms with Crippen LogP contribution in [0.1, 0.15) is 6.92 Å². The molecule has 0 rings (SSSR count). The molecule has 0 aromatic carbocycles. The smallest absolute Gasteiger partial charge is 0.0701 e. The van der Waals surface area contributed by atoms with Crippen LogP contribution in [-0.4, -0.2) is 102 Å². The van der Waals surface area contributed by atoms with E-state index in [-0.39, 0.29) is 19.8 Å². The van der Waals surface area contributed by atoms with Crippen LogP contribution in [0.25, 0.3) is 0 Å². The molecule has 0 aliphatic rings. The maximum Gasteiger partial charge on any atom is 0.0701 e. The van der Waals surface area contributed by atoms with Gasteiger partial charge in [0.05, 0.1) is 66.1 Å². The number of rotatable bonds is 13. The SMILES string of the molecule is CCOC.COCCOCCOCCO.OCCOCCO. The zero-order valence-corrected chi connectivity index (χ0v) is 14.2. The highest BCUT2D eigenvalue weighted by molar-refractivity contribution is 4.31. The molecule has 0 saturated carbocycles. The molecular formula is C14H34O8. The fourth-order valence-electron chi connectivity index (χ4n) is 0.760. The monoisotopic (exact) mass is 330 g/mol. The van der Waals surface area contributed by atoms with Crippen LogP contribution < -0.4 is 0 Å². The molecule has 0 aliphatic carbocycles. The van der Waals surface area contributed by atoms with Crippen molar-refractivity contribution < 1.29 is 39.0 Å². The summed E-state index contributed by atoms with van der Waals surface area (Å²) >= 11 is 0. The molecule has 8 nitrogen and oxygen atoms in total. The molecule has 0 aliphatic heterocycles. The molecule has 0 amide bonds. The maximum atomic E-state index is 8.32. The molecule has 0 unspecified atom stereocenters. The van der Waals surface area contributed by atoms with Crippen LogP contribution in [0.3, 0.4) is 0 Å². The normalized spacial score (nSPS) is 9.55. The van der Waals surface area contributed by atoms with Gasteiger partial charge in [-0.1, -0.05) is 0 Å². The standard InChI is InChI=1S/C7H16O4.C4H10O3.C3H8O/c1-9-4-5-11-7-6-10-3-2-8;5-1-3-7-4-2-6;1-3-4-2/h8H,2-7H2,1H3;5-6H,1-4H2;3H2,1-2H3. The topological polar surface area (TPSA) is 107 Å². The predicted molar refractivity (Wildman–Crippen MR) is 83.1 cm³/mol. The van der Waals surface area contributed by atoms with Crippen molar-refractivity contribution in [1.29, 1.82) is 0 Å². The van der Waals surface area contributed by atoms with E-state index in [1.807, 2.05) is 6.92 Å². The van der Waals surface area contributed by atoms with Gasteiger partial charge in [-0.2, -0.15) is 0 Å². The molecule has 0 radical (unpaired) electrons. The van der Waals surface area contributed by atoms with Crippen LogP contribution in [0, 0.1) is 0 Å². The Labute approximate surface area is 133 Å². The van der Waals surface area contributed by atoms with Gasteiger partial charge in [-0.25, -0.2) is 0 Å². The average Bonchev–Trinajstić information content (AvgIpc) is 2.55. The van der Waals surface area contributed by atoms with Gasteiger partial charge >= 0.3 is 0 Å². The van der Waals surface area contributed by atoms with Crippen molar-refractivity contribution in [3.8, 4) is 0 Å². The fraction of sp³-hybridized carbons (Fsp3) is 1.00. The maximum absolute atomic E-state index is 8.32. The molecule has 0 atom stereocenters. The van der Waals surface area contributed by atoms with Gasteiger partial charge in [0, 0.05) is 20.8 Å². The Hall–Kier alpha value is -0.320. The lowest BCUT2D eigenvalue weighted by Crippen LogP contribution is -2.09. The number of hydrogen-bond acceptors (Lipinski definition) is 8. The Kier molecular flexibility index (Phi) is 39.3. The second-order valence-electron chi connectivity index (χ2n) is 3.58. The van der Waals surface area contributed by atoms with Gasteiger partial charge in [0.1, 0.15) is 0 Å². The summed E-state index contributed by atoms with van der Waals surface area (Å²) in [6.45, 7) is 6.22. The van der Waals surface area contributed by atoms with Crippen molar-refractivity contribution in [2.45, 2.75) is 6.92 Å². The molecular weight excluding hydrogens is 296 g/mol. The van der Waals surface area contributed by atoms with Gasteiger partial charge in [-0.15, -0.1) is 0 Å². The van der Waals surface area contributed by atoms with Crippen molar-refractivity contribution >= 4 is 0 Å². The summed E-state index contributed by atoms with van der Waals surface area (Å²) in [5, 5.41) is 24.5. The highest BCUT2D eigenvalue weighted by Gasteiger charge is 1.87. The zero-order valence-electron chi connectivity index (χ0n) is 14.2. The summed E-state index contributed by atoms with van der Waals surface area (Å²) < 4.78 is 24.0. The Balaban J connectivity index is -0.000000280. The van der Waals surface area contributed by atoms with E-state index < -0.39 is 0 Å². The Morgan fingerprint density at radius 2 is 0.864 bits per heavy atom. The number of methoxy groups -OCH3 is 2. The predicted octanol–water partition coefficient (Wildman–Crippen LogP) is -0.701. The van der Waals surface area contributed by atoms with Crippen LogP contribution in [0.4, 0.5) is 0 Å². The van der Waals surface area contributed by atoms with Crippen LogP contribution in [0.2, 0.25) is 0 Å². The van der Waals surface area contributed by atoms with Crippen molar-refractivity contribution in [2.75, 3.05) is 86.9 Å². The van der Waals surface area contributed by atoms with Gasteiger partial charge in [0.25, 0.3) is 0 Å². The molecule has 0 fully saturated rings. The molecule has 0 heterocycles. The summed E-state index contributed by atoms with van der Waals surface area (Å²) in [6.07, 6.45) is 0. The van der Waals surface area contributed by atoms with Crippen LogP contribution in [-0.2, 0) is 23.7 Å². The summed E-state index contributed by atoms with van der Waals surface area (Å²) in [4.78, 5) is 0. The van der Waals surface area contributed by atoms with E-state index in [0.29, 0.717) is 46.2 Å². The van der Waals surface area contributed by atoms with E-state index in [1.165, 1.54) is 0 Å². The van der Waals surface area contributed by atoms with Crippen LogP contribution in [0.15, 0.2) is 0 Å². The van der Waals surface area contributed by atoms with Crippen molar-refractivity contribution in [3.63, 3.8) is 0 Å². The van der Waals surface area contributed by atoms with E-state index in [1.54, 1.807) is 14.2 Å². The van der Waals surface area contributed by atoms with Crippen LogP contribution >= 0.6 is 0 Å². The molecule has 0 spiro atoms. The van der Waals surface area contributed by atoms with Gasteiger partial charge < -0.3 is 39.0 Å². The molecule has 8 heteroatoms. The molecule has 0 aromatic heterocycles. The minimum atomic E-state index is 0.0278. The lowest BCUT2D eigenvalue weighted by molar-refractivity contribution is 0.0159. The van der Waals surface area contributed by atoms with Gasteiger partial charge in [0.2, 0.25) is 0 Å². The fourth-order valence-corrected chi connectivity index (χ4v) is 0.760. The van der Waals surface area contributed by atoms with Gasteiger partial charge in [0.15, 0.2) is 0 Å². The first kappa shape index (κ1) is 26.6. The first-order valence-corrected chi connectivity index (χ1v) is 7.28. The lowest BCUT2D eigenvalue weighted by Gasteiger charge is -2.03. The first-order valence-electron chi connectivity index (χ1n) is 7.28. The first-order chi connectivity index (χ1) is 10.7. The van der Waals surface area contributed by atoms with Crippen LogP contribution in [0.5, 0.6) is 0 Å². The van der Waals surface area contributed by atoms with Crippen molar-refractivity contribution in [2.24, 2.45) is 0 Å². The number of aliphatic hydroxyl groups excluding tert-OH is 3. The quantitative estimate of drug-likeness (QED) is 0.381.